The van der Waals surface area contributed by atoms with Crippen molar-refractivity contribution in [3.8, 4) is 0 Å². The van der Waals surface area contributed by atoms with Gasteiger partial charge in [0.2, 0.25) is 5.89 Å². The van der Waals surface area contributed by atoms with Crippen molar-refractivity contribution >= 4 is 23.4 Å². The third-order valence-corrected chi connectivity index (χ3v) is 4.13. The molecule has 5 nitrogen and oxygen atoms in total. The number of thioether (sulfide) groups is 1. The molecule has 112 valence electrons. The Labute approximate surface area is 136 Å². The molecule has 0 aliphatic carbocycles. The molecule has 0 saturated heterocycles. The molecule has 0 spiro atoms. The fourth-order valence-electron chi connectivity index (χ4n) is 1.91. The van der Waals surface area contributed by atoms with Gasteiger partial charge in [0.05, 0.1) is 5.75 Å². The number of benzene rings is 1. The topological polar surface area (TPSA) is 65.9 Å². The first-order valence-corrected chi connectivity index (χ1v) is 7.94. The molecule has 0 fully saturated rings. The number of hydrogen-bond donors (Lipinski definition) is 0. The van der Waals surface area contributed by atoms with Crippen molar-refractivity contribution in [1.82, 2.24) is 10.1 Å². The summed E-state index contributed by atoms with van der Waals surface area (Å²) in [7, 11) is 0. The Bertz CT molecular complexity index is 779. The lowest BCUT2D eigenvalue weighted by atomic mass is 10.1. The maximum atomic E-state index is 11.5. The van der Waals surface area contributed by atoms with Crippen LogP contribution >= 0.6 is 23.4 Å². The van der Waals surface area contributed by atoms with E-state index in [0.717, 1.165) is 10.3 Å². The van der Waals surface area contributed by atoms with E-state index in [0.29, 0.717) is 33.9 Å². The predicted molar refractivity (Wildman–Crippen MR) is 83.5 cm³/mol. The molecule has 2 heterocycles. The number of nitrogens with zero attached hydrogens (tertiary/aromatic N) is 3. The maximum Gasteiger partial charge on any atom is 0.251 e. The van der Waals surface area contributed by atoms with Gasteiger partial charge in [-0.1, -0.05) is 28.9 Å². The Kier molecular flexibility index (Phi) is 4.60. The standard InChI is InChI=1S/C15H12ClN3O2S/c16-12-5-3-4-11(8-12)9-13-17-14(21-18-13)10-22-15-6-1-2-7-19(15)20/h1-8H,9-10H2. The second kappa shape index (κ2) is 6.81. The molecule has 0 unspecified atom stereocenters. The Balaban J connectivity index is 1.63. The number of hydrogen-bond acceptors (Lipinski definition) is 5. The van der Waals surface area contributed by atoms with Crippen molar-refractivity contribution in [2.75, 3.05) is 0 Å². The molecule has 0 saturated carbocycles. The molecule has 0 radical (unpaired) electrons. The zero-order valence-corrected chi connectivity index (χ0v) is 13.0. The lowest BCUT2D eigenvalue weighted by molar-refractivity contribution is -0.645. The first-order valence-electron chi connectivity index (χ1n) is 6.57. The molecular formula is C15H12ClN3O2S. The molecule has 22 heavy (non-hydrogen) atoms. The third-order valence-electron chi connectivity index (χ3n) is 2.89. The number of rotatable bonds is 5. The van der Waals surface area contributed by atoms with Crippen LogP contribution in [0.4, 0.5) is 0 Å². The van der Waals surface area contributed by atoms with Gasteiger partial charge in [-0.3, -0.25) is 0 Å². The Morgan fingerprint density at radius 1 is 1.23 bits per heavy atom. The molecule has 1 aromatic carbocycles. The monoisotopic (exact) mass is 333 g/mol. The average molecular weight is 334 g/mol. The van der Waals surface area contributed by atoms with Crippen LogP contribution < -0.4 is 4.73 Å². The van der Waals surface area contributed by atoms with Crippen molar-refractivity contribution in [2.24, 2.45) is 0 Å². The van der Waals surface area contributed by atoms with E-state index in [9.17, 15) is 5.21 Å². The molecule has 3 rings (SSSR count). The summed E-state index contributed by atoms with van der Waals surface area (Å²) in [6.45, 7) is 0. The first kappa shape index (κ1) is 14.9. The lowest BCUT2D eigenvalue weighted by Crippen LogP contribution is -2.27. The minimum Gasteiger partial charge on any atom is -0.618 e. The Morgan fingerprint density at radius 2 is 2.14 bits per heavy atom. The predicted octanol–water partition coefficient (Wildman–Crippen LogP) is 3.24. The summed E-state index contributed by atoms with van der Waals surface area (Å²) in [4.78, 5) is 4.33. The van der Waals surface area contributed by atoms with Crippen LogP contribution in [0.5, 0.6) is 0 Å². The van der Waals surface area contributed by atoms with Gasteiger partial charge in [-0.05, 0) is 35.5 Å². The maximum absolute atomic E-state index is 11.5. The van der Waals surface area contributed by atoms with Gasteiger partial charge in [-0.2, -0.15) is 9.71 Å². The summed E-state index contributed by atoms with van der Waals surface area (Å²) in [6.07, 6.45) is 2.02. The van der Waals surface area contributed by atoms with Crippen LogP contribution in [0.2, 0.25) is 5.02 Å². The Morgan fingerprint density at radius 3 is 2.95 bits per heavy atom. The second-order valence-electron chi connectivity index (χ2n) is 4.56. The molecule has 0 aliphatic rings. The van der Waals surface area contributed by atoms with E-state index in [1.54, 1.807) is 12.1 Å². The van der Waals surface area contributed by atoms with Crippen molar-refractivity contribution in [2.45, 2.75) is 17.2 Å². The summed E-state index contributed by atoms with van der Waals surface area (Å²) in [5.74, 6) is 1.54. The van der Waals surface area contributed by atoms with E-state index in [-0.39, 0.29) is 0 Å². The van der Waals surface area contributed by atoms with Crippen LogP contribution in [-0.2, 0) is 12.2 Å². The minimum atomic E-state index is 0.453. The van der Waals surface area contributed by atoms with Gasteiger partial charge in [-0.25, -0.2) is 0 Å². The van der Waals surface area contributed by atoms with E-state index in [2.05, 4.69) is 10.1 Å². The molecule has 0 amide bonds. The second-order valence-corrected chi connectivity index (χ2v) is 6.00. The quantitative estimate of drug-likeness (QED) is 0.407. The third kappa shape index (κ3) is 3.78. The minimum absolute atomic E-state index is 0.453. The van der Waals surface area contributed by atoms with Gasteiger partial charge in [0, 0.05) is 23.6 Å². The van der Waals surface area contributed by atoms with Crippen LogP contribution in [-0.4, -0.2) is 10.1 Å². The zero-order valence-electron chi connectivity index (χ0n) is 11.5. The highest BCUT2D eigenvalue weighted by Gasteiger charge is 2.11. The highest BCUT2D eigenvalue weighted by molar-refractivity contribution is 7.98. The van der Waals surface area contributed by atoms with Gasteiger partial charge in [0.15, 0.2) is 12.0 Å². The first-order chi connectivity index (χ1) is 10.7. The largest absolute Gasteiger partial charge is 0.618 e. The van der Waals surface area contributed by atoms with Crippen molar-refractivity contribution in [3.05, 3.63) is 76.2 Å². The molecule has 2 aromatic heterocycles. The fraction of sp³-hybridized carbons (Fsp3) is 0.133. The van der Waals surface area contributed by atoms with Crippen LogP contribution in [0.25, 0.3) is 0 Å². The van der Waals surface area contributed by atoms with Crippen LogP contribution in [0.15, 0.2) is 58.2 Å². The average Bonchev–Trinajstić information content (AvgIpc) is 2.94. The molecule has 7 heteroatoms. The normalized spacial score (nSPS) is 10.8. The molecule has 0 N–H and O–H groups in total. The number of aromatic nitrogens is 3. The van der Waals surface area contributed by atoms with Crippen molar-refractivity contribution in [3.63, 3.8) is 0 Å². The van der Waals surface area contributed by atoms with Gasteiger partial charge >= 0.3 is 0 Å². The molecule has 0 bridgehead atoms. The highest BCUT2D eigenvalue weighted by Crippen LogP contribution is 2.19. The van der Waals surface area contributed by atoms with E-state index < -0.39 is 0 Å². The zero-order chi connectivity index (χ0) is 15.4. The van der Waals surface area contributed by atoms with Crippen LogP contribution in [0.3, 0.4) is 0 Å². The smallest absolute Gasteiger partial charge is 0.251 e. The fourth-order valence-corrected chi connectivity index (χ4v) is 2.87. The molecule has 0 aliphatic heterocycles. The van der Waals surface area contributed by atoms with E-state index in [1.807, 2.05) is 30.3 Å². The number of halogens is 1. The van der Waals surface area contributed by atoms with Gasteiger partial charge < -0.3 is 9.73 Å². The highest BCUT2D eigenvalue weighted by atomic mass is 35.5. The summed E-state index contributed by atoms with van der Waals surface area (Å²) < 4.78 is 6.02. The van der Waals surface area contributed by atoms with E-state index in [4.69, 9.17) is 16.1 Å². The van der Waals surface area contributed by atoms with Gasteiger partial charge in [0.25, 0.3) is 5.03 Å². The summed E-state index contributed by atoms with van der Waals surface area (Å²) in [5, 5.41) is 16.8. The SMILES string of the molecule is [O-][n+]1ccccc1SCc1nc(Cc2cccc(Cl)c2)no1. The molecule has 3 aromatic rings. The molecular weight excluding hydrogens is 322 g/mol. The summed E-state index contributed by atoms with van der Waals surface area (Å²) >= 11 is 7.30. The van der Waals surface area contributed by atoms with Crippen LogP contribution in [0, 0.1) is 5.21 Å². The molecule has 0 atom stereocenters. The summed E-state index contributed by atoms with van der Waals surface area (Å²) in [5.41, 5.74) is 1.02. The van der Waals surface area contributed by atoms with Gasteiger partial charge in [-0.15, -0.1) is 0 Å². The number of pyridine rings is 1. The summed E-state index contributed by atoms with van der Waals surface area (Å²) in [6, 6.07) is 12.8. The van der Waals surface area contributed by atoms with Crippen molar-refractivity contribution < 1.29 is 9.25 Å². The van der Waals surface area contributed by atoms with Crippen LogP contribution in [0.1, 0.15) is 17.3 Å². The Hall–Kier alpha value is -2.05. The van der Waals surface area contributed by atoms with Gasteiger partial charge in [0.1, 0.15) is 0 Å². The lowest BCUT2D eigenvalue weighted by Gasteiger charge is -2.00. The van der Waals surface area contributed by atoms with E-state index in [1.165, 1.54) is 18.0 Å². The van der Waals surface area contributed by atoms with Crippen molar-refractivity contribution in [1.29, 1.82) is 0 Å². The van der Waals surface area contributed by atoms with E-state index >= 15 is 0 Å².